The zero-order valence-corrected chi connectivity index (χ0v) is 32.5. The number of anilines is 1. The molecule has 0 spiro atoms. The second-order valence-electron chi connectivity index (χ2n) is 14.8. The zero-order chi connectivity index (χ0) is 33.6. The van der Waals surface area contributed by atoms with Crippen molar-refractivity contribution < 1.29 is 31.7 Å². The third-order valence-corrected chi connectivity index (χ3v) is 20.4. The van der Waals surface area contributed by atoms with Crippen molar-refractivity contribution in [2.45, 2.75) is 115 Å². The molecule has 2 aromatic rings. The molecule has 1 aromatic heterocycles. The van der Waals surface area contributed by atoms with Gasteiger partial charge in [-0.3, -0.25) is 18.1 Å². The summed E-state index contributed by atoms with van der Waals surface area (Å²) >= 11 is 3.45. The van der Waals surface area contributed by atoms with Crippen LogP contribution in [0.5, 0.6) is 0 Å². The minimum absolute atomic E-state index is 0.107. The van der Waals surface area contributed by atoms with Gasteiger partial charge in [-0.15, -0.1) is 0 Å². The fourth-order valence-corrected chi connectivity index (χ4v) is 8.90. The van der Waals surface area contributed by atoms with Crippen molar-refractivity contribution in [1.82, 2.24) is 9.55 Å². The maximum atomic E-state index is 13.8. The highest BCUT2D eigenvalue weighted by Gasteiger charge is 2.55. The summed E-state index contributed by atoms with van der Waals surface area (Å²) in [7, 11) is -8.84. The van der Waals surface area contributed by atoms with Crippen molar-refractivity contribution in [3.63, 3.8) is 0 Å². The molecule has 3 heterocycles. The smallest absolute Gasteiger partial charge is 0.408 e. The number of aromatic nitrogens is 2. The molecule has 15 heteroatoms. The quantitative estimate of drug-likeness (QED) is 0.202. The van der Waals surface area contributed by atoms with Gasteiger partial charge >= 0.3 is 13.5 Å². The highest BCUT2D eigenvalue weighted by Crippen LogP contribution is 2.57. The lowest BCUT2D eigenvalue weighted by Crippen LogP contribution is -2.54. The summed E-state index contributed by atoms with van der Waals surface area (Å²) < 4.78 is 54.3. The molecule has 2 aliphatic heterocycles. The highest BCUT2D eigenvalue weighted by molar-refractivity contribution is 9.10. The fraction of sp³-hybridized carbons (Fsp3) is 0.667. The number of phosphoric acid groups is 1. The van der Waals surface area contributed by atoms with Crippen LogP contribution in [-0.2, 0) is 31.7 Å². The van der Waals surface area contributed by atoms with E-state index in [2.05, 4.69) is 88.6 Å². The molecule has 6 atom stereocenters. The van der Waals surface area contributed by atoms with E-state index >= 15 is 0 Å². The lowest BCUT2D eigenvalue weighted by atomic mass is 10.1. The van der Waals surface area contributed by atoms with Crippen LogP contribution in [0.15, 0.2) is 45.8 Å². The molecule has 0 aliphatic carbocycles. The number of nitrogen functional groups attached to an aromatic ring is 1. The summed E-state index contributed by atoms with van der Waals surface area (Å²) in [6, 6.07) is 9.20. The van der Waals surface area contributed by atoms with E-state index in [0.29, 0.717) is 6.42 Å². The van der Waals surface area contributed by atoms with E-state index < -0.39 is 60.8 Å². The third kappa shape index (κ3) is 8.46. The van der Waals surface area contributed by atoms with Gasteiger partial charge in [-0.05, 0) is 60.0 Å². The average molecular weight is 747 g/mol. The number of hydrogen-bond donors (Lipinski definition) is 1. The Morgan fingerprint density at radius 2 is 1.58 bits per heavy atom. The minimum atomic E-state index is -3.97. The first kappa shape index (κ1) is 36.6. The predicted octanol–water partition coefficient (Wildman–Crippen LogP) is 7.57. The van der Waals surface area contributed by atoms with Crippen LogP contribution >= 0.6 is 23.8 Å². The summed E-state index contributed by atoms with van der Waals surface area (Å²) in [4.78, 5) is 17.1. The molecule has 1 aromatic carbocycles. The van der Waals surface area contributed by atoms with Gasteiger partial charge in [0.1, 0.15) is 24.1 Å². The molecule has 252 valence electrons. The van der Waals surface area contributed by atoms with Gasteiger partial charge in [-0.25, -0.2) is 9.36 Å². The van der Waals surface area contributed by atoms with E-state index in [1.54, 1.807) is 12.3 Å². The number of halogens is 1. The van der Waals surface area contributed by atoms with Crippen LogP contribution in [0.1, 0.15) is 65.9 Å². The number of ether oxygens (including phenoxy) is 1. The van der Waals surface area contributed by atoms with Gasteiger partial charge in [0, 0.05) is 17.1 Å². The largest absolute Gasteiger partial charge is 0.475 e. The number of benzene rings is 1. The van der Waals surface area contributed by atoms with Gasteiger partial charge in [0.05, 0.1) is 19.3 Å². The monoisotopic (exact) mass is 745 g/mol. The van der Waals surface area contributed by atoms with Crippen LogP contribution in [0.25, 0.3) is 0 Å². The van der Waals surface area contributed by atoms with E-state index in [1.165, 1.54) is 4.57 Å². The number of rotatable bonds is 9. The Morgan fingerprint density at radius 3 is 2.13 bits per heavy atom. The van der Waals surface area contributed by atoms with Crippen molar-refractivity contribution in [3.8, 4) is 0 Å². The summed E-state index contributed by atoms with van der Waals surface area (Å²) in [5, 5.41) is -0.285. The Labute approximate surface area is 277 Å². The van der Waals surface area contributed by atoms with Gasteiger partial charge in [-0.2, -0.15) is 4.98 Å². The minimum Gasteiger partial charge on any atom is -0.408 e. The maximum Gasteiger partial charge on any atom is 0.475 e. The molecule has 0 bridgehead atoms. The molecule has 11 nitrogen and oxygen atoms in total. The van der Waals surface area contributed by atoms with Crippen molar-refractivity contribution in [3.05, 3.63) is 57.0 Å². The van der Waals surface area contributed by atoms with Crippen LogP contribution in [-0.4, -0.2) is 57.7 Å². The summed E-state index contributed by atoms with van der Waals surface area (Å²) in [5.74, 6) is 0.107. The van der Waals surface area contributed by atoms with Gasteiger partial charge < -0.3 is 19.3 Å². The molecule has 4 rings (SSSR count). The lowest BCUT2D eigenvalue weighted by molar-refractivity contribution is -0.0592. The molecule has 0 saturated carbocycles. The van der Waals surface area contributed by atoms with Gasteiger partial charge in [0.2, 0.25) is 0 Å². The summed E-state index contributed by atoms with van der Waals surface area (Å²) in [5.41, 5.74) is 6.13. The predicted molar refractivity (Wildman–Crippen MR) is 183 cm³/mol. The Kier molecular flexibility index (Phi) is 10.9. The van der Waals surface area contributed by atoms with Crippen molar-refractivity contribution >= 4 is 46.2 Å². The van der Waals surface area contributed by atoms with Gasteiger partial charge in [0.15, 0.2) is 22.9 Å². The van der Waals surface area contributed by atoms with E-state index in [9.17, 15) is 9.36 Å². The number of nitrogens with two attached hydrogens (primary N) is 1. The first-order chi connectivity index (χ1) is 20.6. The molecule has 2 saturated heterocycles. The molecule has 2 N–H and O–H groups in total. The van der Waals surface area contributed by atoms with E-state index in [4.69, 9.17) is 32.9 Å². The van der Waals surface area contributed by atoms with Crippen molar-refractivity contribution in [1.29, 1.82) is 0 Å². The second kappa shape index (κ2) is 13.4. The van der Waals surface area contributed by atoms with E-state index in [0.717, 1.165) is 10.0 Å². The summed E-state index contributed by atoms with van der Waals surface area (Å²) in [6.07, 6.45) is -1.38. The Balaban J connectivity index is 1.69. The van der Waals surface area contributed by atoms with Crippen LogP contribution in [0, 0.1) is 0 Å². The Bertz CT molecular complexity index is 1440. The molecular weight excluding hydrogens is 697 g/mol. The molecule has 0 unspecified atom stereocenters. The molecule has 2 fully saturated rings. The van der Waals surface area contributed by atoms with Crippen LogP contribution in [0.2, 0.25) is 36.3 Å². The number of hydrogen-bond acceptors (Lipinski definition) is 10. The standard InChI is InChI=1S/C30H49BrN3O8PSi2/c1-29(2,3)44(7,8)41-25-23(19-38-43(36)37-18-16-22(40-43)20-11-13-21(31)14-12-20)39-27(34-17-15-24(32)33-28(34)35)26(25)42-45(9,10)30(4,5)6/h11-15,17,22-23,25-27H,16,18-19H2,1-10H3,(H2,32,33,35)/t22-,23+,25+,26-,27+,43+/m0/s1. The molecule has 45 heavy (non-hydrogen) atoms. The highest BCUT2D eigenvalue weighted by atomic mass is 79.9. The van der Waals surface area contributed by atoms with Crippen molar-refractivity contribution in [2.24, 2.45) is 0 Å². The maximum absolute atomic E-state index is 13.8. The van der Waals surface area contributed by atoms with Crippen LogP contribution < -0.4 is 11.4 Å². The first-order valence-corrected chi connectivity index (χ1v) is 23.4. The average Bonchev–Trinajstić information content (AvgIpc) is 3.22. The third-order valence-electron chi connectivity index (χ3n) is 9.41. The van der Waals surface area contributed by atoms with Crippen LogP contribution in [0.3, 0.4) is 0 Å². The Morgan fingerprint density at radius 1 is 1.00 bits per heavy atom. The lowest BCUT2D eigenvalue weighted by Gasteiger charge is -2.44. The fourth-order valence-electron chi connectivity index (χ4n) is 4.64. The topological polar surface area (TPSA) is 133 Å². The second-order valence-corrected chi connectivity index (χ2v) is 26.9. The summed E-state index contributed by atoms with van der Waals surface area (Å²) in [6.45, 7) is 21.5. The normalized spacial score (nSPS) is 28.4. The number of phosphoric ester groups is 1. The first-order valence-electron chi connectivity index (χ1n) is 15.3. The molecular formula is C30H49BrN3O8PSi2. The Hall–Kier alpha value is -1.20. The van der Waals surface area contributed by atoms with Crippen molar-refractivity contribution in [2.75, 3.05) is 18.9 Å². The van der Waals surface area contributed by atoms with E-state index in [1.807, 2.05) is 24.3 Å². The molecule has 0 amide bonds. The molecule has 2 aliphatic rings. The molecule has 0 radical (unpaired) electrons. The van der Waals surface area contributed by atoms with Gasteiger partial charge in [0.25, 0.3) is 0 Å². The van der Waals surface area contributed by atoms with Gasteiger partial charge in [-0.1, -0.05) is 69.6 Å². The van der Waals surface area contributed by atoms with E-state index in [-0.39, 0.29) is 29.1 Å². The van der Waals surface area contributed by atoms with Crippen LogP contribution in [0.4, 0.5) is 5.82 Å². The zero-order valence-electron chi connectivity index (χ0n) is 28.0. The SMILES string of the molecule is CC(C)(C)[Si](C)(C)O[C@H]1[C@H](O[Si](C)(C)C(C)(C)C)[C@@H](CO[P@@]2(=O)OCC[C@@H](c3ccc(Br)cc3)O2)O[C@H]1n1ccc(N)nc1=O. The number of nitrogens with zero attached hydrogens (tertiary/aromatic N) is 2.